The molecule has 30 heavy (non-hydrogen) atoms. The highest BCUT2D eigenvalue weighted by molar-refractivity contribution is 6.34. The van der Waals surface area contributed by atoms with E-state index in [1.165, 1.54) is 30.0 Å². The van der Waals surface area contributed by atoms with Gasteiger partial charge < -0.3 is 14.4 Å². The molecule has 0 fully saturated rings. The number of hydrogen-bond donors (Lipinski definition) is 2. The first-order valence-corrected chi connectivity index (χ1v) is 9.42. The van der Waals surface area contributed by atoms with Crippen molar-refractivity contribution in [1.82, 2.24) is 9.99 Å². The Labute approximate surface area is 178 Å². The molecule has 0 aliphatic carbocycles. The Morgan fingerprint density at radius 2 is 2.07 bits per heavy atom. The van der Waals surface area contributed by atoms with Crippen LogP contribution in [0.3, 0.4) is 0 Å². The van der Waals surface area contributed by atoms with Crippen molar-refractivity contribution in [3.63, 3.8) is 0 Å². The number of carbonyl (C=O) groups excluding carboxylic acids is 1. The molecule has 154 valence electrons. The minimum Gasteiger partial charge on any atom is -0.503 e. The summed E-state index contributed by atoms with van der Waals surface area (Å²) in [5.41, 5.74) is 4.27. The van der Waals surface area contributed by atoms with Crippen LogP contribution >= 0.6 is 11.6 Å². The van der Waals surface area contributed by atoms with Crippen molar-refractivity contribution in [3.8, 4) is 11.5 Å². The van der Waals surface area contributed by atoms with Gasteiger partial charge in [0, 0.05) is 11.8 Å². The predicted molar refractivity (Wildman–Crippen MR) is 116 cm³/mol. The van der Waals surface area contributed by atoms with Gasteiger partial charge in [0.15, 0.2) is 11.5 Å². The van der Waals surface area contributed by atoms with Crippen LogP contribution in [0.5, 0.6) is 11.5 Å². The molecule has 7 nitrogen and oxygen atoms in total. The average molecular weight is 426 g/mol. The van der Waals surface area contributed by atoms with Crippen LogP contribution in [0.25, 0.3) is 0 Å². The van der Waals surface area contributed by atoms with E-state index in [1.54, 1.807) is 18.3 Å². The number of nitrogens with zero attached hydrogens (tertiary/aromatic N) is 2. The molecule has 1 aromatic heterocycles. The van der Waals surface area contributed by atoms with Crippen molar-refractivity contribution in [1.29, 1.82) is 0 Å². The van der Waals surface area contributed by atoms with E-state index in [1.807, 2.05) is 31.2 Å². The number of benzene rings is 2. The number of phenolic OH excluding ortho intramolecular Hbond substituents is 1. The van der Waals surface area contributed by atoms with Crippen LogP contribution in [0, 0.1) is 6.92 Å². The molecule has 2 N–H and O–H groups in total. The van der Waals surface area contributed by atoms with Gasteiger partial charge in [-0.25, -0.2) is 5.43 Å². The van der Waals surface area contributed by atoms with E-state index in [9.17, 15) is 14.7 Å². The zero-order valence-electron chi connectivity index (χ0n) is 16.4. The number of aromatic nitrogens is 1. The number of hydrazone groups is 1. The Kier molecular flexibility index (Phi) is 6.54. The second-order valence-corrected chi connectivity index (χ2v) is 6.94. The van der Waals surface area contributed by atoms with Crippen LogP contribution in [0.1, 0.15) is 27.0 Å². The normalized spacial score (nSPS) is 10.9. The largest absolute Gasteiger partial charge is 0.503 e. The number of pyridine rings is 1. The smallest absolute Gasteiger partial charge is 0.276 e. The van der Waals surface area contributed by atoms with E-state index in [0.717, 1.165) is 11.1 Å². The summed E-state index contributed by atoms with van der Waals surface area (Å²) in [5, 5.41) is 13.8. The molecule has 0 aliphatic heterocycles. The molecule has 8 heteroatoms. The molecule has 0 unspecified atom stereocenters. The molecular weight excluding hydrogens is 406 g/mol. The van der Waals surface area contributed by atoms with Gasteiger partial charge in [-0.05, 0) is 36.8 Å². The lowest BCUT2D eigenvalue weighted by Gasteiger charge is -2.08. The van der Waals surface area contributed by atoms with Crippen molar-refractivity contribution < 1.29 is 14.6 Å². The lowest BCUT2D eigenvalue weighted by atomic mass is 10.1. The van der Waals surface area contributed by atoms with Gasteiger partial charge in [-0.3, -0.25) is 9.59 Å². The fourth-order valence-corrected chi connectivity index (χ4v) is 3.09. The third kappa shape index (κ3) is 4.69. The van der Waals surface area contributed by atoms with E-state index in [0.29, 0.717) is 12.1 Å². The Hall–Kier alpha value is -3.58. The Morgan fingerprint density at radius 3 is 2.80 bits per heavy atom. The van der Waals surface area contributed by atoms with Gasteiger partial charge in [-0.1, -0.05) is 41.4 Å². The maximum absolute atomic E-state index is 12.7. The third-order valence-corrected chi connectivity index (χ3v) is 4.80. The standard InChI is InChI=1S/C22H20ClN3O4/c1-14-5-3-6-15(11-14)13-26-10-4-7-17(22(26)29)21(28)25-24-12-16-8-9-18(30-2)20(27)19(16)23/h3-12,27H,13H2,1-2H3,(H,25,28)/b24-12-. The zero-order valence-corrected chi connectivity index (χ0v) is 17.2. The highest BCUT2D eigenvalue weighted by Gasteiger charge is 2.13. The summed E-state index contributed by atoms with van der Waals surface area (Å²) in [4.78, 5) is 25.1. The summed E-state index contributed by atoms with van der Waals surface area (Å²) >= 11 is 6.06. The zero-order chi connectivity index (χ0) is 21.7. The molecule has 3 aromatic rings. The maximum Gasteiger partial charge on any atom is 0.276 e. The number of amides is 1. The van der Waals surface area contributed by atoms with Gasteiger partial charge in [0.2, 0.25) is 0 Å². The first-order valence-electron chi connectivity index (χ1n) is 9.04. The fourth-order valence-electron chi connectivity index (χ4n) is 2.89. The van der Waals surface area contributed by atoms with Crippen molar-refractivity contribution in [2.24, 2.45) is 5.10 Å². The molecule has 1 heterocycles. The van der Waals surface area contributed by atoms with Gasteiger partial charge in [-0.2, -0.15) is 5.10 Å². The number of phenols is 1. The van der Waals surface area contributed by atoms with Crippen LogP contribution < -0.4 is 15.7 Å². The van der Waals surface area contributed by atoms with Gasteiger partial charge in [-0.15, -0.1) is 0 Å². The SMILES string of the molecule is COc1ccc(/C=N\NC(=O)c2cccn(Cc3cccc(C)c3)c2=O)c(Cl)c1O. The number of carbonyl (C=O) groups is 1. The van der Waals surface area contributed by atoms with Crippen molar-refractivity contribution >= 4 is 23.7 Å². The molecule has 0 saturated heterocycles. The van der Waals surface area contributed by atoms with E-state index in [4.69, 9.17) is 16.3 Å². The van der Waals surface area contributed by atoms with Crippen LogP contribution in [0.2, 0.25) is 5.02 Å². The van der Waals surface area contributed by atoms with Crippen molar-refractivity contribution in [2.45, 2.75) is 13.5 Å². The molecule has 0 spiro atoms. The summed E-state index contributed by atoms with van der Waals surface area (Å²) < 4.78 is 6.43. The Balaban J connectivity index is 1.75. The van der Waals surface area contributed by atoms with Gasteiger partial charge >= 0.3 is 0 Å². The summed E-state index contributed by atoms with van der Waals surface area (Å²) in [7, 11) is 1.41. The number of aromatic hydroxyl groups is 1. The number of ether oxygens (including phenoxy) is 1. The summed E-state index contributed by atoms with van der Waals surface area (Å²) in [6, 6.07) is 14.0. The second-order valence-electron chi connectivity index (χ2n) is 6.56. The number of methoxy groups -OCH3 is 1. The van der Waals surface area contributed by atoms with Gasteiger partial charge in [0.05, 0.1) is 24.9 Å². The summed E-state index contributed by atoms with van der Waals surface area (Å²) in [6.07, 6.45) is 2.90. The maximum atomic E-state index is 12.7. The predicted octanol–water partition coefficient (Wildman–Crippen LogP) is 3.34. The Bertz CT molecular complexity index is 1170. The molecule has 1 amide bonds. The molecule has 0 radical (unpaired) electrons. The Morgan fingerprint density at radius 1 is 1.27 bits per heavy atom. The van der Waals surface area contributed by atoms with Crippen LogP contribution in [0.4, 0.5) is 0 Å². The first kappa shape index (κ1) is 21.1. The quantitative estimate of drug-likeness (QED) is 0.468. The average Bonchev–Trinajstić information content (AvgIpc) is 2.73. The summed E-state index contributed by atoms with van der Waals surface area (Å²) in [6.45, 7) is 2.33. The second kappa shape index (κ2) is 9.28. The number of aryl methyl sites for hydroxylation is 1. The number of rotatable bonds is 6. The molecule has 0 saturated carbocycles. The lowest BCUT2D eigenvalue weighted by Crippen LogP contribution is -2.30. The molecule has 0 atom stereocenters. The van der Waals surface area contributed by atoms with Gasteiger partial charge in [0.25, 0.3) is 11.5 Å². The van der Waals surface area contributed by atoms with Gasteiger partial charge in [0.1, 0.15) is 5.56 Å². The van der Waals surface area contributed by atoms with Crippen LogP contribution in [-0.2, 0) is 6.54 Å². The molecule has 0 aliphatic rings. The minimum atomic E-state index is -0.649. The van der Waals surface area contributed by atoms with Crippen molar-refractivity contribution in [2.75, 3.05) is 7.11 Å². The number of hydrogen-bond acceptors (Lipinski definition) is 5. The van der Waals surface area contributed by atoms with Crippen LogP contribution in [0.15, 0.2) is 64.6 Å². The van der Waals surface area contributed by atoms with E-state index in [-0.39, 0.29) is 22.1 Å². The van der Waals surface area contributed by atoms with E-state index < -0.39 is 11.5 Å². The monoisotopic (exact) mass is 425 g/mol. The fraction of sp³-hybridized carbons (Fsp3) is 0.136. The lowest BCUT2D eigenvalue weighted by molar-refractivity contribution is 0.0953. The molecular formula is C22H20ClN3O4. The van der Waals surface area contributed by atoms with E-state index >= 15 is 0 Å². The molecule has 3 rings (SSSR count). The summed E-state index contributed by atoms with van der Waals surface area (Å²) in [5.74, 6) is -0.653. The van der Waals surface area contributed by atoms with Crippen molar-refractivity contribution in [3.05, 3.63) is 92.4 Å². The molecule has 0 bridgehead atoms. The van der Waals surface area contributed by atoms with E-state index in [2.05, 4.69) is 10.5 Å². The third-order valence-electron chi connectivity index (χ3n) is 4.40. The topological polar surface area (TPSA) is 92.9 Å². The number of nitrogens with one attached hydrogen (secondary N) is 1. The first-order chi connectivity index (χ1) is 14.4. The molecule has 2 aromatic carbocycles. The highest BCUT2D eigenvalue weighted by atomic mass is 35.5. The highest BCUT2D eigenvalue weighted by Crippen LogP contribution is 2.35. The minimum absolute atomic E-state index is 0.0348. The van der Waals surface area contributed by atoms with Crippen LogP contribution in [-0.4, -0.2) is 28.9 Å². The number of halogens is 1.